The predicted octanol–water partition coefficient (Wildman–Crippen LogP) is 6.14. The summed E-state index contributed by atoms with van der Waals surface area (Å²) >= 11 is 0. The number of fused-ring (bicyclic) bond motifs is 6. The number of nitrogens with zero attached hydrogens (tertiary/aromatic N) is 4. The van der Waals surface area contributed by atoms with Gasteiger partial charge in [0.2, 0.25) is 0 Å². The predicted molar refractivity (Wildman–Crippen MR) is 177 cm³/mol. The summed E-state index contributed by atoms with van der Waals surface area (Å²) in [5.74, 6) is 0. The Kier molecular flexibility index (Phi) is 11.7. The zero-order valence-electron chi connectivity index (χ0n) is 26.9. The summed E-state index contributed by atoms with van der Waals surface area (Å²) in [5.41, 5.74) is 16.7. The average Bonchev–Trinajstić information content (AvgIpc) is 3.67. The van der Waals surface area contributed by atoms with Crippen LogP contribution in [0, 0.1) is 0 Å². The smallest absolute Gasteiger partial charge is 0.661 e. The molecule has 3 radical (unpaired) electrons. The van der Waals surface area contributed by atoms with E-state index >= 15 is 0 Å². The minimum absolute atomic E-state index is 0. The summed E-state index contributed by atoms with van der Waals surface area (Å²) < 4.78 is 0. The van der Waals surface area contributed by atoms with Crippen LogP contribution >= 0.6 is 0 Å². The van der Waals surface area contributed by atoms with E-state index in [1.54, 1.807) is 0 Å². The first-order valence-electron chi connectivity index (χ1n) is 15.8. The number of hydrogen-bond acceptors (Lipinski definition) is 2. The monoisotopic (exact) mass is 740 g/mol. The zero-order chi connectivity index (χ0) is 28.6. The molecule has 42 heavy (non-hydrogen) atoms. The Morgan fingerprint density at radius 3 is 1.71 bits per heavy atom. The van der Waals surface area contributed by atoms with Gasteiger partial charge in [-0.15, -0.1) is 16.4 Å². The van der Waals surface area contributed by atoms with Crippen LogP contribution in [0.25, 0.3) is 18.2 Å². The molecule has 5 heterocycles. The van der Waals surface area contributed by atoms with E-state index in [1.165, 1.54) is 50.2 Å². The fraction of sp³-hybridized carbons (Fsp3) is 0.500. The van der Waals surface area contributed by atoms with Crippen molar-refractivity contribution in [3.63, 3.8) is 0 Å². The summed E-state index contributed by atoms with van der Waals surface area (Å²) in [5, 5.41) is 2.16. The minimum atomic E-state index is 0. The third-order valence-corrected chi connectivity index (χ3v) is 9.18. The third-order valence-electron chi connectivity index (χ3n) is 9.18. The van der Waals surface area contributed by atoms with Crippen molar-refractivity contribution in [3.8, 4) is 0 Å². The molecule has 8 bridgehead atoms. The van der Waals surface area contributed by atoms with Gasteiger partial charge in [-0.05, 0) is 80.1 Å². The van der Waals surface area contributed by atoms with Crippen LogP contribution in [-0.4, -0.2) is 25.9 Å². The van der Waals surface area contributed by atoms with Gasteiger partial charge in [-0.25, -0.2) is 4.99 Å². The first-order valence-corrected chi connectivity index (χ1v) is 15.8. The normalized spacial score (nSPS) is 17.7. The van der Waals surface area contributed by atoms with E-state index in [9.17, 15) is 0 Å². The van der Waals surface area contributed by atoms with Gasteiger partial charge in [0.1, 0.15) is 0 Å². The molecular formula is C36H46BN4Pt. The van der Waals surface area contributed by atoms with Gasteiger partial charge < -0.3 is 9.97 Å². The van der Waals surface area contributed by atoms with Gasteiger partial charge in [0, 0.05) is 8.41 Å². The van der Waals surface area contributed by atoms with Crippen LogP contribution < -0.4 is 20.7 Å². The van der Waals surface area contributed by atoms with Crippen molar-refractivity contribution < 1.29 is 21.1 Å². The van der Waals surface area contributed by atoms with Gasteiger partial charge in [-0.1, -0.05) is 95.9 Å². The van der Waals surface area contributed by atoms with Crippen LogP contribution in [0.2, 0.25) is 0 Å². The molecule has 0 fully saturated rings. The number of rotatable bonds is 8. The van der Waals surface area contributed by atoms with Gasteiger partial charge in [0.25, 0.3) is 0 Å². The van der Waals surface area contributed by atoms with Gasteiger partial charge in [0.15, 0.2) is 0 Å². The molecule has 223 valence electrons. The fourth-order valence-corrected chi connectivity index (χ4v) is 7.32. The topological polar surface area (TPSA) is 52.9 Å². The van der Waals surface area contributed by atoms with E-state index in [0.29, 0.717) is 0 Å². The van der Waals surface area contributed by atoms with E-state index in [4.69, 9.17) is 20.0 Å². The number of hydrogen-bond donors (Lipinski definition) is 0. The van der Waals surface area contributed by atoms with E-state index in [-0.39, 0.29) is 35.5 Å². The number of aliphatic imine (C=N–C) groups is 2. The van der Waals surface area contributed by atoms with E-state index in [0.717, 1.165) is 91.3 Å². The first kappa shape index (κ1) is 34.1. The van der Waals surface area contributed by atoms with Crippen molar-refractivity contribution in [2.45, 2.75) is 119 Å². The Balaban J connectivity index is 0.00000242. The molecule has 5 rings (SSSR count). The van der Waals surface area contributed by atoms with Crippen molar-refractivity contribution in [2.24, 2.45) is 9.98 Å². The Labute approximate surface area is 269 Å². The van der Waals surface area contributed by atoms with Crippen LogP contribution in [-0.2, 0) is 53.2 Å². The molecule has 4 nitrogen and oxygen atoms in total. The molecule has 2 aromatic rings. The summed E-state index contributed by atoms with van der Waals surface area (Å²) in [6.07, 6.45) is 15.5. The molecule has 6 heteroatoms. The summed E-state index contributed by atoms with van der Waals surface area (Å²) in [7, 11) is 0. The second kappa shape index (κ2) is 14.4. The molecule has 0 saturated carbocycles. The molecule has 3 aliphatic heterocycles. The Morgan fingerprint density at radius 1 is 0.619 bits per heavy atom. The van der Waals surface area contributed by atoms with Crippen LogP contribution in [0.1, 0.15) is 115 Å². The molecule has 1 atom stereocenters. The van der Waals surface area contributed by atoms with Crippen LogP contribution in [0.15, 0.2) is 38.0 Å². The van der Waals surface area contributed by atoms with Crippen LogP contribution in [0.5, 0.6) is 0 Å². The van der Waals surface area contributed by atoms with Gasteiger partial charge in [0.05, 0.1) is 23.2 Å². The van der Waals surface area contributed by atoms with Gasteiger partial charge in [-0.3, -0.25) is 4.99 Å². The molecule has 1 unspecified atom stereocenters. The van der Waals surface area contributed by atoms with Gasteiger partial charge >= 0.3 is 21.1 Å². The molecule has 0 aromatic carbocycles. The second-order valence-electron chi connectivity index (χ2n) is 11.1. The maximum Gasteiger partial charge on any atom is 2.00 e. The Bertz CT molecular complexity index is 1610. The average molecular weight is 741 g/mol. The molecule has 0 aliphatic carbocycles. The van der Waals surface area contributed by atoms with Crippen molar-refractivity contribution in [1.82, 2.24) is 9.97 Å². The van der Waals surface area contributed by atoms with E-state index in [1.807, 2.05) is 0 Å². The molecular weight excluding hydrogens is 694 g/mol. The van der Waals surface area contributed by atoms with Crippen molar-refractivity contribution in [1.29, 1.82) is 0 Å². The maximum absolute atomic E-state index is 5.39. The Morgan fingerprint density at radius 2 is 1.19 bits per heavy atom. The van der Waals surface area contributed by atoms with Crippen molar-refractivity contribution in [3.05, 3.63) is 72.3 Å². The van der Waals surface area contributed by atoms with E-state index in [2.05, 4.69) is 73.6 Å². The standard InChI is InChI=1S/C36H46N4.B.Pt/c1-9-21-22(10-2)30-18-32-25(13-5)26(14-6)34(39-32)20-36-28(16-8)27(15-7)35(40-36)19-33-24(12-4)23(11-3)31(38-33)17-29(21)37-30;;/h17-19,34H,9-16,20H2,1-8H3;;/q-2;;+2. The fourth-order valence-electron chi connectivity index (χ4n) is 7.32. The summed E-state index contributed by atoms with van der Waals surface area (Å²) in [6, 6.07) is 0.148. The molecule has 3 aliphatic rings. The SMILES string of the molecule is CCC1=C(CC)C2=NC1=Cc1[n-]c(c(CC)c1CC)CC1N=C(C=c3[n-]c(c(CC)c3CC)=C2)C(CC)=C1CC.[B].[Pt+2]. The maximum atomic E-state index is 5.39. The van der Waals surface area contributed by atoms with Crippen LogP contribution in [0.4, 0.5) is 0 Å². The summed E-state index contributed by atoms with van der Waals surface area (Å²) in [4.78, 5) is 21.3. The van der Waals surface area contributed by atoms with Gasteiger partial charge in [-0.2, -0.15) is 5.69 Å². The minimum Gasteiger partial charge on any atom is -0.661 e. The quantitative estimate of drug-likeness (QED) is 0.306. The second-order valence-corrected chi connectivity index (χ2v) is 11.1. The molecule has 2 aromatic heterocycles. The largest absolute Gasteiger partial charge is 2.00 e. The van der Waals surface area contributed by atoms with Crippen LogP contribution in [0.3, 0.4) is 0 Å². The third kappa shape index (κ3) is 5.75. The molecule has 0 amide bonds. The zero-order valence-corrected chi connectivity index (χ0v) is 29.1. The van der Waals surface area contributed by atoms with E-state index < -0.39 is 0 Å². The number of aromatic nitrogens is 2. The van der Waals surface area contributed by atoms with Crippen molar-refractivity contribution in [2.75, 3.05) is 0 Å². The molecule has 0 spiro atoms. The first-order chi connectivity index (χ1) is 19.5. The molecule has 0 N–H and O–H groups in total. The number of allylic oxidation sites excluding steroid dienone is 3. The Hall–Kier alpha value is -2.39. The summed E-state index contributed by atoms with van der Waals surface area (Å²) in [6.45, 7) is 18.1. The molecule has 0 saturated heterocycles. The van der Waals surface area contributed by atoms with Crippen molar-refractivity contribution >= 4 is 38.1 Å².